The summed E-state index contributed by atoms with van der Waals surface area (Å²) in [7, 11) is 0. The number of ether oxygens (including phenoxy) is 1. The molecular weight excluding hydrogens is 539 g/mol. The number of carbonyl (C=O) groups excluding carboxylic acids is 2. The van der Waals surface area contributed by atoms with Gasteiger partial charge in [0.2, 0.25) is 5.91 Å². The van der Waals surface area contributed by atoms with Crippen molar-refractivity contribution in [1.82, 2.24) is 10.2 Å². The molecule has 0 unspecified atom stereocenters. The Morgan fingerprint density at radius 1 is 1.12 bits per heavy atom. The van der Waals surface area contributed by atoms with Crippen molar-refractivity contribution in [3.05, 3.63) is 61.5 Å². The van der Waals surface area contributed by atoms with E-state index in [-0.39, 0.29) is 31.0 Å². The maximum Gasteiger partial charge on any atom is 0.261 e. The highest BCUT2D eigenvalue weighted by Crippen LogP contribution is 2.28. The summed E-state index contributed by atoms with van der Waals surface area (Å²) >= 11 is 21.5. The number of amides is 2. The highest BCUT2D eigenvalue weighted by atomic mass is 79.9. The van der Waals surface area contributed by atoms with Gasteiger partial charge in [-0.25, -0.2) is 0 Å². The lowest BCUT2D eigenvalue weighted by atomic mass is 10.1. The molecule has 3 rings (SSSR count). The Kier molecular flexibility index (Phi) is 9.12. The molecule has 2 amide bonds. The summed E-state index contributed by atoms with van der Waals surface area (Å²) in [6.07, 6.45) is 4.14. The summed E-state index contributed by atoms with van der Waals surface area (Å²) in [5, 5.41) is 4.43. The van der Waals surface area contributed by atoms with E-state index in [1.54, 1.807) is 43.3 Å². The zero-order valence-corrected chi connectivity index (χ0v) is 21.4. The summed E-state index contributed by atoms with van der Waals surface area (Å²) < 4.78 is 6.34. The van der Waals surface area contributed by atoms with Crippen molar-refractivity contribution in [2.45, 2.75) is 51.2 Å². The number of carbonyl (C=O) groups is 2. The number of benzene rings is 2. The Balaban J connectivity index is 1.75. The highest BCUT2D eigenvalue weighted by Gasteiger charge is 2.29. The van der Waals surface area contributed by atoms with Crippen LogP contribution >= 0.6 is 50.7 Å². The summed E-state index contributed by atoms with van der Waals surface area (Å²) in [5.41, 5.74) is 0.765. The lowest BCUT2D eigenvalue weighted by Crippen LogP contribution is -2.50. The number of nitrogens with one attached hydrogen (secondary N) is 1. The molecule has 32 heavy (non-hydrogen) atoms. The highest BCUT2D eigenvalue weighted by molar-refractivity contribution is 9.10. The summed E-state index contributed by atoms with van der Waals surface area (Å²) in [6, 6.07) is 9.67. The van der Waals surface area contributed by atoms with Crippen molar-refractivity contribution in [1.29, 1.82) is 0 Å². The van der Waals surface area contributed by atoms with Crippen molar-refractivity contribution in [2.75, 3.05) is 6.61 Å². The molecule has 0 spiro atoms. The minimum atomic E-state index is -0.685. The van der Waals surface area contributed by atoms with Crippen LogP contribution in [0.2, 0.25) is 15.1 Å². The van der Waals surface area contributed by atoms with Crippen molar-refractivity contribution >= 4 is 62.5 Å². The molecule has 1 atom stereocenters. The third kappa shape index (κ3) is 6.77. The fourth-order valence-electron chi connectivity index (χ4n) is 3.62. The monoisotopic (exact) mass is 560 g/mol. The molecule has 1 fully saturated rings. The van der Waals surface area contributed by atoms with Crippen LogP contribution in [0.15, 0.2) is 40.9 Å². The molecule has 0 radical (unpaired) electrons. The molecule has 9 heteroatoms. The predicted molar refractivity (Wildman–Crippen MR) is 132 cm³/mol. The van der Waals surface area contributed by atoms with Gasteiger partial charge in [0.15, 0.2) is 6.61 Å². The molecule has 0 saturated heterocycles. The number of halogens is 4. The van der Waals surface area contributed by atoms with Crippen LogP contribution in [0.3, 0.4) is 0 Å². The second kappa shape index (κ2) is 11.6. The Bertz CT molecular complexity index is 983. The molecule has 1 saturated carbocycles. The number of nitrogens with zero attached hydrogens (tertiary/aromatic N) is 1. The molecule has 0 heterocycles. The van der Waals surface area contributed by atoms with Gasteiger partial charge in [0.05, 0.1) is 14.5 Å². The molecule has 0 aliphatic heterocycles. The first-order chi connectivity index (χ1) is 15.2. The van der Waals surface area contributed by atoms with Crippen LogP contribution in [0.1, 0.15) is 38.2 Å². The number of hydrogen-bond donors (Lipinski definition) is 1. The third-order valence-electron chi connectivity index (χ3n) is 5.45. The fraction of sp³-hybridized carbons (Fsp3) is 0.391. The van der Waals surface area contributed by atoms with Gasteiger partial charge < -0.3 is 15.0 Å². The maximum atomic E-state index is 13.2. The summed E-state index contributed by atoms with van der Waals surface area (Å²) in [6.45, 7) is 1.68. The second-order valence-electron chi connectivity index (χ2n) is 7.80. The van der Waals surface area contributed by atoms with Crippen molar-refractivity contribution in [3.63, 3.8) is 0 Å². The largest absolute Gasteiger partial charge is 0.483 e. The zero-order valence-electron chi connectivity index (χ0n) is 17.5. The SMILES string of the molecule is C[C@H](C(=O)NC1CCCC1)N(Cc1ccc(Cl)c(Cl)c1)C(=O)COc1ccc(Cl)cc1Br. The Hall–Kier alpha value is -1.47. The van der Waals surface area contributed by atoms with Gasteiger partial charge in [-0.2, -0.15) is 0 Å². The quantitative estimate of drug-likeness (QED) is 0.413. The molecule has 2 aromatic rings. The molecule has 0 aromatic heterocycles. The van der Waals surface area contributed by atoms with E-state index in [2.05, 4.69) is 21.2 Å². The standard InChI is InChI=1S/C23H24BrCl3N2O3/c1-14(23(31)28-17-4-2-3-5-17)29(12-15-6-8-19(26)20(27)10-15)22(30)13-32-21-9-7-16(25)11-18(21)24/h6-11,14,17H,2-5,12-13H2,1H3,(H,28,31)/t14-/m1/s1. The van der Waals surface area contributed by atoms with Crippen molar-refractivity contribution < 1.29 is 14.3 Å². The number of rotatable bonds is 8. The van der Waals surface area contributed by atoms with E-state index < -0.39 is 6.04 Å². The van der Waals surface area contributed by atoms with E-state index in [4.69, 9.17) is 39.5 Å². The Morgan fingerprint density at radius 2 is 1.84 bits per heavy atom. The minimum Gasteiger partial charge on any atom is -0.483 e. The predicted octanol–water partition coefficient (Wildman–Crippen LogP) is 6.26. The molecule has 5 nitrogen and oxygen atoms in total. The summed E-state index contributed by atoms with van der Waals surface area (Å²) in [5.74, 6) is -0.0229. The second-order valence-corrected chi connectivity index (χ2v) is 9.90. The smallest absolute Gasteiger partial charge is 0.261 e. The molecule has 0 bridgehead atoms. The first-order valence-electron chi connectivity index (χ1n) is 10.4. The lowest BCUT2D eigenvalue weighted by Gasteiger charge is -2.29. The van der Waals surface area contributed by atoms with Crippen LogP contribution in [-0.4, -0.2) is 35.4 Å². The zero-order chi connectivity index (χ0) is 23.3. The molecule has 1 aliphatic carbocycles. The van der Waals surface area contributed by atoms with Crippen molar-refractivity contribution in [3.8, 4) is 5.75 Å². The fourth-order valence-corrected chi connectivity index (χ4v) is 4.74. The molecule has 172 valence electrons. The first-order valence-corrected chi connectivity index (χ1v) is 12.3. The lowest BCUT2D eigenvalue weighted by molar-refractivity contribution is -0.142. The van der Waals surface area contributed by atoms with E-state index in [1.165, 1.54) is 4.90 Å². The van der Waals surface area contributed by atoms with Gasteiger partial charge in [-0.15, -0.1) is 0 Å². The minimum absolute atomic E-state index is 0.160. The van der Waals surface area contributed by atoms with Gasteiger partial charge in [0.25, 0.3) is 5.91 Å². The first kappa shape index (κ1) is 25.2. The average Bonchev–Trinajstić information content (AvgIpc) is 3.26. The molecule has 1 aliphatic rings. The van der Waals surface area contributed by atoms with Gasteiger partial charge in [-0.05, 0) is 71.6 Å². The van der Waals surface area contributed by atoms with E-state index in [1.807, 2.05) is 0 Å². The van der Waals surface area contributed by atoms with Gasteiger partial charge in [0.1, 0.15) is 11.8 Å². The van der Waals surface area contributed by atoms with Crippen LogP contribution in [0.25, 0.3) is 0 Å². The third-order valence-corrected chi connectivity index (χ3v) is 7.04. The van der Waals surface area contributed by atoms with E-state index in [9.17, 15) is 9.59 Å². The van der Waals surface area contributed by atoms with Crippen LogP contribution in [0.4, 0.5) is 0 Å². The van der Waals surface area contributed by atoms with Crippen LogP contribution in [0, 0.1) is 0 Å². The number of hydrogen-bond acceptors (Lipinski definition) is 3. The van der Waals surface area contributed by atoms with E-state index >= 15 is 0 Å². The van der Waals surface area contributed by atoms with Gasteiger partial charge in [-0.3, -0.25) is 9.59 Å². The Labute approximate surface area is 211 Å². The average molecular weight is 563 g/mol. The van der Waals surface area contributed by atoms with E-state index in [0.717, 1.165) is 31.2 Å². The maximum absolute atomic E-state index is 13.2. The van der Waals surface area contributed by atoms with Gasteiger partial charge in [-0.1, -0.05) is 53.7 Å². The van der Waals surface area contributed by atoms with Gasteiger partial charge in [0, 0.05) is 17.6 Å². The Morgan fingerprint density at radius 3 is 2.50 bits per heavy atom. The normalized spacial score (nSPS) is 14.8. The van der Waals surface area contributed by atoms with E-state index in [0.29, 0.717) is 25.3 Å². The van der Waals surface area contributed by atoms with Crippen molar-refractivity contribution in [2.24, 2.45) is 0 Å². The molecule has 1 N–H and O–H groups in total. The van der Waals surface area contributed by atoms with Gasteiger partial charge >= 0.3 is 0 Å². The molecular formula is C23H24BrCl3N2O3. The van der Waals surface area contributed by atoms with Crippen LogP contribution < -0.4 is 10.1 Å². The van der Waals surface area contributed by atoms with Crippen LogP contribution in [0.5, 0.6) is 5.75 Å². The topological polar surface area (TPSA) is 58.6 Å². The summed E-state index contributed by atoms with van der Waals surface area (Å²) in [4.78, 5) is 27.6. The molecule has 2 aromatic carbocycles. The van der Waals surface area contributed by atoms with Crippen LogP contribution in [-0.2, 0) is 16.1 Å².